The lowest BCUT2D eigenvalue weighted by Gasteiger charge is -2.05. The number of nitro benzene ring substituents is 1. The summed E-state index contributed by atoms with van der Waals surface area (Å²) in [5, 5.41) is 21.6. The van der Waals surface area contributed by atoms with Crippen LogP contribution in [0.2, 0.25) is 5.02 Å². The Morgan fingerprint density at radius 2 is 1.95 bits per heavy atom. The Morgan fingerprint density at radius 1 is 1.30 bits per heavy atom. The first-order valence-corrected chi connectivity index (χ1v) is 6.23. The van der Waals surface area contributed by atoms with Crippen LogP contribution < -0.4 is 5.32 Å². The first-order chi connectivity index (χ1) is 9.40. The van der Waals surface area contributed by atoms with Gasteiger partial charge in [-0.3, -0.25) is 19.7 Å². The van der Waals surface area contributed by atoms with Gasteiger partial charge in [0.2, 0.25) is 5.91 Å². The van der Waals surface area contributed by atoms with E-state index in [-0.39, 0.29) is 35.1 Å². The lowest BCUT2D eigenvalue weighted by Crippen LogP contribution is -2.11. The van der Waals surface area contributed by atoms with Gasteiger partial charge in [0.1, 0.15) is 5.02 Å². The molecule has 0 radical (unpaired) electrons. The van der Waals surface area contributed by atoms with E-state index in [4.69, 9.17) is 16.7 Å². The molecule has 0 saturated carbocycles. The maximum Gasteiger partial charge on any atom is 0.303 e. The molecule has 0 aliphatic rings. The third-order valence-electron chi connectivity index (χ3n) is 2.47. The molecule has 0 aliphatic heterocycles. The first-order valence-electron chi connectivity index (χ1n) is 5.85. The molecule has 0 heterocycles. The van der Waals surface area contributed by atoms with Crippen molar-refractivity contribution in [2.75, 3.05) is 5.32 Å². The average molecular weight is 301 g/mol. The molecule has 0 aliphatic carbocycles. The second kappa shape index (κ2) is 7.44. The van der Waals surface area contributed by atoms with E-state index < -0.39 is 10.9 Å². The zero-order valence-corrected chi connectivity index (χ0v) is 11.2. The molecule has 1 amide bonds. The van der Waals surface area contributed by atoms with E-state index in [9.17, 15) is 19.7 Å². The largest absolute Gasteiger partial charge is 0.481 e. The van der Waals surface area contributed by atoms with Crippen LogP contribution in [0.25, 0.3) is 0 Å². The van der Waals surface area contributed by atoms with Gasteiger partial charge < -0.3 is 10.4 Å². The SMILES string of the molecule is O=C(O)CCCCC(=O)Nc1ccc(Cl)c([N+](=O)[O-])c1. The van der Waals surface area contributed by atoms with E-state index in [2.05, 4.69) is 5.32 Å². The highest BCUT2D eigenvalue weighted by Gasteiger charge is 2.13. The Bertz CT molecular complexity index is 533. The van der Waals surface area contributed by atoms with Crippen molar-refractivity contribution >= 4 is 34.9 Å². The number of nitrogens with one attached hydrogen (secondary N) is 1. The highest BCUT2D eigenvalue weighted by atomic mass is 35.5. The van der Waals surface area contributed by atoms with Crippen LogP contribution in [0, 0.1) is 10.1 Å². The van der Waals surface area contributed by atoms with Crippen molar-refractivity contribution in [3.8, 4) is 0 Å². The second-order valence-corrected chi connectivity index (χ2v) is 4.48. The molecule has 0 unspecified atom stereocenters. The molecule has 1 aromatic rings. The fraction of sp³-hybridized carbons (Fsp3) is 0.333. The zero-order chi connectivity index (χ0) is 15.1. The molecule has 1 aromatic carbocycles. The van der Waals surface area contributed by atoms with Crippen molar-refractivity contribution < 1.29 is 19.6 Å². The maximum atomic E-state index is 11.6. The molecule has 108 valence electrons. The summed E-state index contributed by atoms with van der Waals surface area (Å²) < 4.78 is 0. The minimum atomic E-state index is -0.904. The molecule has 0 fully saturated rings. The monoisotopic (exact) mass is 300 g/mol. The molecule has 0 bridgehead atoms. The Balaban J connectivity index is 2.52. The number of hydrogen-bond donors (Lipinski definition) is 2. The molecule has 0 atom stereocenters. The Hall–Kier alpha value is -2.15. The summed E-state index contributed by atoms with van der Waals surface area (Å²) in [6.45, 7) is 0. The van der Waals surface area contributed by atoms with Gasteiger partial charge in [-0.05, 0) is 25.0 Å². The zero-order valence-electron chi connectivity index (χ0n) is 10.5. The van der Waals surface area contributed by atoms with Crippen molar-refractivity contribution in [1.82, 2.24) is 0 Å². The lowest BCUT2D eigenvalue weighted by atomic mass is 10.2. The molecule has 0 spiro atoms. The first kappa shape index (κ1) is 15.9. The summed E-state index contributed by atoms with van der Waals surface area (Å²) in [7, 11) is 0. The van der Waals surface area contributed by atoms with Gasteiger partial charge in [0.25, 0.3) is 5.69 Å². The standard InChI is InChI=1S/C12H13ClN2O5/c13-9-6-5-8(7-10(9)15(19)20)14-11(16)3-1-2-4-12(17)18/h5-7H,1-4H2,(H,14,16)(H,17,18). The third-order valence-corrected chi connectivity index (χ3v) is 2.79. The minimum absolute atomic E-state index is 0.00513. The van der Waals surface area contributed by atoms with Gasteiger partial charge >= 0.3 is 5.97 Å². The van der Waals surface area contributed by atoms with E-state index in [0.29, 0.717) is 12.8 Å². The van der Waals surface area contributed by atoms with E-state index in [1.165, 1.54) is 18.2 Å². The van der Waals surface area contributed by atoms with Crippen LogP contribution in [0.15, 0.2) is 18.2 Å². The van der Waals surface area contributed by atoms with Crippen molar-refractivity contribution in [2.24, 2.45) is 0 Å². The Labute approximate surface area is 119 Å². The van der Waals surface area contributed by atoms with Gasteiger partial charge in [0.15, 0.2) is 0 Å². The number of carbonyl (C=O) groups is 2. The molecule has 8 heteroatoms. The molecular weight excluding hydrogens is 288 g/mol. The fourth-order valence-electron chi connectivity index (χ4n) is 1.52. The minimum Gasteiger partial charge on any atom is -0.481 e. The molecule has 0 aromatic heterocycles. The number of nitro groups is 1. The Morgan fingerprint density at radius 3 is 2.55 bits per heavy atom. The highest BCUT2D eigenvalue weighted by Crippen LogP contribution is 2.27. The second-order valence-electron chi connectivity index (χ2n) is 4.07. The molecular formula is C12H13ClN2O5. The smallest absolute Gasteiger partial charge is 0.303 e. The summed E-state index contributed by atoms with van der Waals surface area (Å²) >= 11 is 5.65. The van der Waals surface area contributed by atoms with E-state index in [1.54, 1.807) is 0 Å². The van der Waals surface area contributed by atoms with Crippen LogP contribution in [0.1, 0.15) is 25.7 Å². The van der Waals surface area contributed by atoms with Gasteiger partial charge in [0.05, 0.1) is 4.92 Å². The third kappa shape index (κ3) is 5.23. The molecule has 1 rings (SSSR count). The van der Waals surface area contributed by atoms with Crippen molar-refractivity contribution in [1.29, 1.82) is 0 Å². The van der Waals surface area contributed by atoms with Crippen LogP contribution >= 0.6 is 11.6 Å². The van der Waals surface area contributed by atoms with E-state index in [1.807, 2.05) is 0 Å². The van der Waals surface area contributed by atoms with Gasteiger partial charge in [-0.1, -0.05) is 11.6 Å². The normalized spacial score (nSPS) is 10.1. The number of carboxylic acids is 1. The van der Waals surface area contributed by atoms with Crippen molar-refractivity contribution in [2.45, 2.75) is 25.7 Å². The van der Waals surface area contributed by atoms with Gasteiger partial charge in [-0.15, -0.1) is 0 Å². The maximum absolute atomic E-state index is 11.6. The number of carboxylic acid groups (broad SMARTS) is 1. The van der Waals surface area contributed by atoms with Gasteiger partial charge in [0, 0.05) is 24.6 Å². The number of unbranched alkanes of at least 4 members (excludes halogenated alkanes) is 1. The number of amides is 1. The van der Waals surface area contributed by atoms with Crippen LogP contribution in [0.5, 0.6) is 0 Å². The molecule has 2 N–H and O–H groups in total. The van der Waals surface area contributed by atoms with Crippen LogP contribution in [0.4, 0.5) is 11.4 Å². The number of benzene rings is 1. The number of nitrogens with zero attached hydrogens (tertiary/aromatic N) is 1. The van der Waals surface area contributed by atoms with Gasteiger partial charge in [-0.25, -0.2) is 0 Å². The van der Waals surface area contributed by atoms with Gasteiger partial charge in [-0.2, -0.15) is 0 Å². The quantitative estimate of drug-likeness (QED) is 0.457. The number of anilines is 1. The number of hydrogen-bond acceptors (Lipinski definition) is 4. The van der Waals surface area contributed by atoms with Crippen molar-refractivity contribution in [3.05, 3.63) is 33.3 Å². The van der Waals surface area contributed by atoms with Crippen LogP contribution in [0.3, 0.4) is 0 Å². The Kier molecular flexibility index (Phi) is 5.92. The van der Waals surface area contributed by atoms with Crippen LogP contribution in [-0.4, -0.2) is 21.9 Å². The summed E-state index contributed by atoms with van der Waals surface area (Å²) in [5.74, 6) is -1.23. The number of aliphatic carboxylic acids is 1. The lowest BCUT2D eigenvalue weighted by molar-refractivity contribution is -0.384. The summed E-state index contributed by atoms with van der Waals surface area (Å²) in [5.41, 5.74) is -0.000298. The predicted octanol–water partition coefficient (Wildman–Crippen LogP) is 2.83. The molecule has 20 heavy (non-hydrogen) atoms. The van der Waals surface area contributed by atoms with E-state index in [0.717, 1.165) is 0 Å². The van der Waals surface area contributed by atoms with Crippen molar-refractivity contribution in [3.63, 3.8) is 0 Å². The predicted molar refractivity (Wildman–Crippen MR) is 72.8 cm³/mol. The van der Waals surface area contributed by atoms with Crippen LogP contribution in [-0.2, 0) is 9.59 Å². The molecule has 7 nitrogen and oxygen atoms in total. The highest BCUT2D eigenvalue weighted by molar-refractivity contribution is 6.32. The average Bonchev–Trinajstić information content (AvgIpc) is 2.36. The van der Waals surface area contributed by atoms with E-state index >= 15 is 0 Å². The molecule has 0 saturated heterocycles. The number of halogens is 1. The summed E-state index contributed by atoms with van der Waals surface area (Å²) in [6, 6.07) is 3.97. The summed E-state index contributed by atoms with van der Waals surface area (Å²) in [4.78, 5) is 31.9. The number of carbonyl (C=O) groups excluding carboxylic acids is 1. The summed E-state index contributed by atoms with van der Waals surface area (Å²) in [6.07, 6.45) is 1.01. The fourth-order valence-corrected chi connectivity index (χ4v) is 1.70. The number of rotatable bonds is 7. The topological polar surface area (TPSA) is 110 Å².